The van der Waals surface area contributed by atoms with E-state index < -0.39 is 0 Å². The number of fused-ring (bicyclic) bond motifs is 1. The summed E-state index contributed by atoms with van der Waals surface area (Å²) in [6.45, 7) is 2.52. The topological polar surface area (TPSA) is 59.9 Å². The van der Waals surface area contributed by atoms with Gasteiger partial charge < -0.3 is 10.1 Å². The molecule has 0 aliphatic rings. The van der Waals surface area contributed by atoms with E-state index in [1.807, 2.05) is 19.1 Å². The third-order valence-electron chi connectivity index (χ3n) is 3.19. The minimum atomic E-state index is 0.555. The summed E-state index contributed by atoms with van der Waals surface area (Å²) in [6, 6.07) is 11.9. The highest BCUT2D eigenvalue weighted by atomic mass is 16.5. The molecule has 0 bridgehead atoms. The predicted octanol–water partition coefficient (Wildman–Crippen LogP) is 2.95. The summed E-state index contributed by atoms with van der Waals surface area (Å²) in [5.41, 5.74) is 2.96. The molecule has 0 amide bonds. The molecule has 1 aromatic carbocycles. The van der Waals surface area contributed by atoms with Crippen molar-refractivity contribution in [2.24, 2.45) is 0 Å². The highest BCUT2D eigenvalue weighted by Gasteiger charge is 2.05. The lowest BCUT2D eigenvalue weighted by Crippen LogP contribution is -2.06. The lowest BCUT2D eigenvalue weighted by atomic mass is 10.1. The Morgan fingerprint density at radius 3 is 2.86 bits per heavy atom. The number of nitrogens with zero attached hydrogens (tertiary/aromatic N) is 3. The van der Waals surface area contributed by atoms with Gasteiger partial charge in [0, 0.05) is 29.9 Å². The molecular formula is C16H16N4O. The zero-order valence-corrected chi connectivity index (χ0v) is 12.0. The van der Waals surface area contributed by atoms with Crippen molar-refractivity contribution in [3.63, 3.8) is 0 Å². The van der Waals surface area contributed by atoms with E-state index in [0.29, 0.717) is 18.4 Å². The van der Waals surface area contributed by atoms with Crippen LogP contribution in [0.5, 0.6) is 5.88 Å². The van der Waals surface area contributed by atoms with Crippen LogP contribution in [0.25, 0.3) is 10.9 Å². The molecule has 0 aliphatic heterocycles. The van der Waals surface area contributed by atoms with Gasteiger partial charge in [0.15, 0.2) is 0 Å². The first-order chi connectivity index (χ1) is 10.3. The summed E-state index contributed by atoms with van der Waals surface area (Å²) in [7, 11) is 1.60. The van der Waals surface area contributed by atoms with Crippen LogP contribution in [-0.2, 0) is 6.54 Å². The number of nitrogens with one attached hydrogen (secondary N) is 1. The van der Waals surface area contributed by atoms with E-state index in [2.05, 4.69) is 38.5 Å². The number of aromatic nitrogens is 3. The second-order valence-corrected chi connectivity index (χ2v) is 4.72. The maximum absolute atomic E-state index is 5.15. The van der Waals surface area contributed by atoms with Gasteiger partial charge in [-0.1, -0.05) is 24.3 Å². The third-order valence-corrected chi connectivity index (χ3v) is 3.19. The smallest absolute Gasteiger partial charge is 0.226 e. The quantitative estimate of drug-likeness (QED) is 0.796. The molecule has 2 aromatic heterocycles. The molecule has 0 spiro atoms. The Bertz CT molecular complexity index is 768. The number of ether oxygens (including phenoxy) is 1. The molecule has 1 N–H and O–H groups in total. The Labute approximate surface area is 123 Å². The molecule has 0 saturated carbocycles. The number of anilines is 1. The van der Waals surface area contributed by atoms with Crippen LogP contribution in [0.2, 0.25) is 0 Å². The Balaban J connectivity index is 1.85. The van der Waals surface area contributed by atoms with Crippen molar-refractivity contribution >= 4 is 16.9 Å². The average molecular weight is 280 g/mol. The van der Waals surface area contributed by atoms with Gasteiger partial charge in [0.2, 0.25) is 11.8 Å². The van der Waals surface area contributed by atoms with Gasteiger partial charge in [0.25, 0.3) is 0 Å². The third kappa shape index (κ3) is 2.91. The van der Waals surface area contributed by atoms with Crippen molar-refractivity contribution in [2.75, 3.05) is 12.4 Å². The lowest BCUT2D eigenvalue weighted by molar-refractivity contribution is 0.397. The highest BCUT2D eigenvalue weighted by Crippen LogP contribution is 2.17. The summed E-state index contributed by atoms with van der Waals surface area (Å²) >= 11 is 0. The van der Waals surface area contributed by atoms with Crippen LogP contribution in [0.15, 0.2) is 42.6 Å². The van der Waals surface area contributed by atoms with Crippen LogP contribution in [0.3, 0.4) is 0 Å². The molecule has 0 fully saturated rings. The molecule has 0 unspecified atom stereocenters. The SMILES string of the molecule is COc1cc(C)nc(NCc2cccc3cccnc23)n1. The van der Waals surface area contributed by atoms with E-state index >= 15 is 0 Å². The van der Waals surface area contributed by atoms with Gasteiger partial charge in [-0.3, -0.25) is 4.98 Å². The van der Waals surface area contributed by atoms with Crippen molar-refractivity contribution < 1.29 is 4.74 Å². The van der Waals surface area contributed by atoms with E-state index in [4.69, 9.17) is 4.74 Å². The zero-order chi connectivity index (χ0) is 14.7. The minimum absolute atomic E-state index is 0.555. The molecule has 0 saturated heterocycles. The number of methoxy groups -OCH3 is 1. The van der Waals surface area contributed by atoms with Crippen molar-refractivity contribution in [1.82, 2.24) is 15.0 Å². The van der Waals surface area contributed by atoms with Crippen molar-refractivity contribution in [1.29, 1.82) is 0 Å². The van der Waals surface area contributed by atoms with E-state index in [9.17, 15) is 0 Å². The molecule has 5 heteroatoms. The number of hydrogen-bond donors (Lipinski definition) is 1. The molecule has 5 nitrogen and oxygen atoms in total. The Hall–Kier alpha value is -2.69. The largest absolute Gasteiger partial charge is 0.481 e. The number of rotatable bonds is 4. The fourth-order valence-electron chi connectivity index (χ4n) is 2.21. The van der Waals surface area contributed by atoms with Gasteiger partial charge in [-0.05, 0) is 18.6 Å². The number of para-hydroxylation sites is 1. The number of benzene rings is 1. The van der Waals surface area contributed by atoms with Crippen molar-refractivity contribution in [3.8, 4) is 5.88 Å². The normalized spacial score (nSPS) is 10.6. The van der Waals surface area contributed by atoms with Crippen LogP contribution in [0.4, 0.5) is 5.95 Å². The Morgan fingerprint density at radius 2 is 2.00 bits per heavy atom. The van der Waals surface area contributed by atoms with Gasteiger partial charge in [-0.15, -0.1) is 0 Å². The zero-order valence-electron chi connectivity index (χ0n) is 12.0. The van der Waals surface area contributed by atoms with Crippen LogP contribution >= 0.6 is 0 Å². The number of pyridine rings is 1. The standard InChI is InChI=1S/C16H16N4O/c1-11-9-14(21-2)20-16(19-11)18-10-13-6-3-5-12-7-4-8-17-15(12)13/h3-9H,10H2,1-2H3,(H,18,19,20). The van der Waals surface area contributed by atoms with Gasteiger partial charge in [-0.25, -0.2) is 4.98 Å². The molecular weight excluding hydrogens is 264 g/mol. The summed E-state index contributed by atoms with van der Waals surface area (Å²) in [6.07, 6.45) is 1.80. The molecule has 3 aromatic rings. The molecule has 0 radical (unpaired) electrons. The summed E-state index contributed by atoms with van der Waals surface area (Å²) in [5.74, 6) is 1.11. The van der Waals surface area contributed by atoms with Gasteiger partial charge in [0.1, 0.15) is 0 Å². The first-order valence-corrected chi connectivity index (χ1v) is 6.72. The fourth-order valence-corrected chi connectivity index (χ4v) is 2.21. The lowest BCUT2D eigenvalue weighted by Gasteiger charge is -2.09. The molecule has 2 heterocycles. The first kappa shape index (κ1) is 13.3. The molecule has 106 valence electrons. The molecule has 0 aliphatic carbocycles. The maximum Gasteiger partial charge on any atom is 0.226 e. The maximum atomic E-state index is 5.15. The monoisotopic (exact) mass is 280 g/mol. The van der Waals surface area contributed by atoms with E-state index in [-0.39, 0.29) is 0 Å². The highest BCUT2D eigenvalue weighted by molar-refractivity contribution is 5.81. The predicted molar refractivity (Wildman–Crippen MR) is 82.4 cm³/mol. The van der Waals surface area contributed by atoms with E-state index in [0.717, 1.165) is 22.2 Å². The fraction of sp³-hybridized carbons (Fsp3) is 0.188. The van der Waals surface area contributed by atoms with E-state index in [1.165, 1.54) is 0 Å². The number of hydrogen-bond acceptors (Lipinski definition) is 5. The van der Waals surface area contributed by atoms with Gasteiger partial charge >= 0.3 is 0 Å². The second-order valence-electron chi connectivity index (χ2n) is 4.72. The van der Waals surface area contributed by atoms with Gasteiger partial charge in [-0.2, -0.15) is 4.98 Å². The minimum Gasteiger partial charge on any atom is -0.481 e. The summed E-state index contributed by atoms with van der Waals surface area (Å²) in [4.78, 5) is 13.1. The van der Waals surface area contributed by atoms with Crippen LogP contribution < -0.4 is 10.1 Å². The van der Waals surface area contributed by atoms with Crippen molar-refractivity contribution in [2.45, 2.75) is 13.5 Å². The van der Waals surface area contributed by atoms with Crippen molar-refractivity contribution in [3.05, 3.63) is 53.9 Å². The van der Waals surface area contributed by atoms with Crippen LogP contribution in [0, 0.1) is 6.92 Å². The Kier molecular flexibility index (Phi) is 3.64. The van der Waals surface area contributed by atoms with Gasteiger partial charge in [0.05, 0.1) is 12.6 Å². The van der Waals surface area contributed by atoms with Crippen LogP contribution in [-0.4, -0.2) is 22.1 Å². The summed E-state index contributed by atoms with van der Waals surface area (Å²) < 4.78 is 5.15. The van der Waals surface area contributed by atoms with Crippen LogP contribution in [0.1, 0.15) is 11.3 Å². The second kappa shape index (κ2) is 5.75. The Morgan fingerprint density at radius 1 is 1.14 bits per heavy atom. The number of aryl methyl sites for hydroxylation is 1. The molecule has 3 rings (SSSR count). The summed E-state index contributed by atoms with van der Waals surface area (Å²) in [5, 5.41) is 4.35. The van der Waals surface area contributed by atoms with E-state index in [1.54, 1.807) is 19.4 Å². The molecule has 0 atom stereocenters. The molecule has 21 heavy (non-hydrogen) atoms. The first-order valence-electron chi connectivity index (χ1n) is 6.72. The average Bonchev–Trinajstić information content (AvgIpc) is 2.52.